The number of thioether (sulfide) groups is 3. The van der Waals surface area contributed by atoms with Crippen LogP contribution in [0.4, 0.5) is 0 Å². The molecular formula is C45H38N12O3S3. The summed E-state index contributed by atoms with van der Waals surface area (Å²) in [5, 5.41) is 3.19. The van der Waals surface area contributed by atoms with Gasteiger partial charge in [0, 0.05) is 0 Å². The lowest BCUT2D eigenvalue weighted by molar-refractivity contribution is 0.872. The normalized spacial score (nSPS) is 11.4. The molecule has 15 nitrogen and oxygen atoms in total. The number of nitrogens with one attached hydrogen (secondary N) is 3. The van der Waals surface area contributed by atoms with E-state index in [0.717, 1.165) is 44.2 Å². The van der Waals surface area contributed by atoms with E-state index >= 15 is 0 Å². The first-order chi connectivity index (χ1) is 30.6. The zero-order valence-electron chi connectivity index (χ0n) is 34.6. The van der Waals surface area contributed by atoms with E-state index in [-0.39, 0.29) is 11.1 Å². The molecule has 0 aliphatic carbocycles. The fourth-order valence-corrected chi connectivity index (χ4v) is 9.62. The summed E-state index contributed by atoms with van der Waals surface area (Å²) in [6.45, 7) is 7.83. The zero-order chi connectivity index (χ0) is 43.8. The highest BCUT2D eigenvalue weighted by Gasteiger charge is 2.20. The lowest BCUT2D eigenvalue weighted by Crippen LogP contribution is -2.25. The van der Waals surface area contributed by atoms with Crippen molar-refractivity contribution in [3.05, 3.63) is 163 Å². The Kier molecular flexibility index (Phi) is 11.5. The Bertz CT molecular complexity index is 3560. The van der Waals surface area contributed by atoms with E-state index < -0.39 is 5.69 Å². The minimum absolute atomic E-state index is 0.0582. The number of fused-ring (bicyclic) bond motifs is 4. The van der Waals surface area contributed by atoms with Gasteiger partial charge in [0.2, 0.25) is 0 Å². The third-order valence-electron chi connectivity index (χ3n) is 10.4. The first kappa shape index (κ1) is 41.5. The number of rotatable bonds is 9. The first-order valence-corrected chi connectivity index (χ1v) is 22.9. The number of para-hydroxylation sites is 2. The van der Waals surface area contributed by atoms with Crippen LogP contribution < -0.4 is 16.8 Å². The molecule has 0 atom stereocenters. The maximum atomic E-state index is 13.7. The van der Waals surface area contributed by atoms with E-state index in [0.29, 0.717) is 72.0 Å². The van der Waals surface area contributed by atoms with Gasteiger partial charge in [0.25, 0.3) is 11.1 Å². The molecule has 6 heterocycles. The molecule has 0 saturated heterocycles. The number of hydrogen-bond donors (Lipinski definition) is 3. The molecule has 0 aliphatic heterocycles. The molecule has 0 spiro atoms. The number of nitrogens with zero attached hydrogens (tertiary/aromatic N) is 9. The maximum absolute atomic E-state index is 13.7. The van der Waals surface area contributed by atoms with Crippen LogP contribution in [0.15, 0.2) is 127 Å². The molecule has 10 aromatic rings. The summed E-state index contributed by atoms with van der Waals surface area (Å²) in [4.78, 5) is 79.2. The summed E-state index contributed by atoms with van der Waals surface area (Å²) in [6.07, 6.45) is 5.06. The van der Waals surface area contributed by atoms with Crippen LogP contribution in [-0.4, -0.2) is 65.2 Å². The average Bonchev–Trinajstić information content (AvgIpc) is 3.96. The van der Waals surface area contributed by atoms with Crippen LogP contribution in [0.5, 0.6) is 0 Å². The number of benzene rings is 4. The van der Waals surface area contributed by atoms with Crippen molar-refractivity contribution >= 4 is 79.4 Å². The minimum atomic E-state index is -0.472. The minimum Gasteiger partial charge on any atom is -0.341 e. The number of aryl methyl sites for hydroxylation is 4. The fraction of sp³-hybridized carbons (Fsp3) is 0.156. The van der Waals surface area contributed by atoms with Gasteiger partial charge in [0.05, 0.1) is 57.3 Å². The maximum Gasteiger partial charge on any atom is 0.347 e. The van der Waals surface area contributed by atoms with Crippen LogP contribution in [-0.2, 0) is 11.5 Å². The van der Waals surface area contributed by atoms with Gasteiger partial charge in [-0.05, 0) is 80.5 Å². The molecule has 6 aromatic heterocycles. The Balaban J connectivity index is 0.000000160. The number of aromatic nitrogens is 12. The second kappa shape index (κ2) is 17.5. The van der Waals surface area contributed by atoms with Gasteiger partial charge in [-0.2, -0.15) is 4.98 Å². The lowest BCUT2D eigenvalue weighted by atomic mass is 10.1. The van der Waals surface area contributed by atoms with E-state index in [1.165, 1.54) is 41.6 Å². The van der Waals surface area contributed by atoms with Crippen molar-refractivity contribution in [2.45, 2.75) is 54.4 Å². The van der Waals surface area contributed by atoms with Crippen LogP contribution in [0.25, 0.3) is 55.5 Å². The summed E-state index contributed by atoms with van der Waals surface area (Å²) >= 11 is 4.32. The van der Waals surface area contributed by atoms with E-state index in [4.69, 9.17) is 9.97 Å². The SMILES string of the molecule is CSc1nc(SCc2nc3cccc(C)c3c(=O)n2-c2ccccc2C)c2[nH]cnc2n1.Cc1ccccc1-n1c(CSc2nc(=O)[nH]c3nc[nH]c23)nc2cccc(C)c2c1=O. The molecule has 0 fully saturated rings. The van der Waals surface area contributed by atoms with Crippen molar-refractivity contribution in [1.29, 1.82) is 0 Å². The lowest BCUT2D eigenvalue weighted by Gasteiger charge is -2.16. The topological polar surface area (TPSA) is 199 Å². The largest absolute Gasteiger partial charge is 0.347 e. The Labute approximate surface area is 371 Å². The third-order valence-corrected chi connectivity index (χ3v) is 12.9. The van der Waals surface area contributed by atoms with Gasteiger partial charge in [0.1, 0.15) is 32.7 Å². The average molecular weight is 891 g/mol. The zero-order valence-corrected chi connectivity index (χ0v) is 37.1. The van der Waals surface area contributed by atoms with Crippen LogP contribution in [0.1, 0.15) is 33.9 Å². The van der Waals surface area contributed by atoms with E-state index in [9.17, 15) is 14.4 Å². The van der Waals surface area contributed by atoms with Crippen molar-refractivity contribution in [2.75, 3.05) is 6.26 Å². The number of hydrogen-bond acceptors (Lipinski definition) is 13. The van der Waals surface area contributed by atoms with Gasteiger partial charge in [-0.25, -0.2) is 34.7 Å². The van der Waals surface area contributed by atoms with Crippen molar-refractivity contribution in [2.24, 2.45) is 0 Å². The van der Waals surface area contributed by atoms with Crippen molar-refractivity contribution in [3.63, 3.8) is 0 Å². The standard InChI is InChI=1S/C23H20N6OS2.C22H18N6O2S/c1-13-7-4-5-10-16(13)29-17(26-15-9-6-8-14(2)18(15)22(29)30)11-32-21-19-20(25-12-24-19)27-23(28-21)31-3;1-12-6-3-4-9-15(12)28-16(25-14-8-5-7-13(2)17(14)21(28)29)10-31-20-18-19(24-11-23-18)26-22(30)27-20/h4-10,12H,11H2,1-3H3,(H,24,25,27,28);3-9,11H,10H2,1-2H3,(H2,23,24,26,27,30). The molecule has 0 radical (unpaired) electrons. The molecule has 10 rings (SSSR count). The molecule has 63 heavy (non-hydrogen) atoms. The van der Waals surface area contributed by atoms with Gasteiger partial charge in [-0.3, -0.25) is 23.7 Å². The Hall–Kier alpha value is -6.89. The summed E-state index contributed by atoms with van der Waals surface area (Å²) in [6, 6.07) is 27.0. The number of imidazole rings is 2. The molecule has 0 bridgehead atoms. The van der Waals surface area contributed by atoms with E-state index in [1.807, 2.05) is 119 Å². The highest BCUT2D eigenvalue weighted by Crippen LogP contribution is 2.30. The predicted octanol–water partition coefficient (Wildman–Crippen LogP) is 7.94. The van der Waals surface area contributed by atoms with E-state index in [2.05, 4.69) is 39.9 Å². The van der Waals surface area contributed by atoms with Gasteiger partial charge in [-0.1, -0.05) is 95.9 Å². The van der Waals surface area contributed by atoms with Crippen molar-refractivity contribution < 1.29 is 0 Å². The highest BCUT2D eigenvalue weighted by atomic mass is 32.2. The molecule has 0 saturated carbocycles. The van der Waals surface area contributed by atoms with Crippen molar-refractivity contribution in [3.8, 4) is 11.4 Å². The van der Waals surface area contributed by atoms with Crippen LogP contribution >= 0.6 is 35.3 Å². The summed E-state index contributed by atoms with van der Waals surface area (Å²) < 4.78 is 3.40. The van der Waals surface area contributed by atoms with Gasteiger partial charge in [0.15, 0.2) is 16.5 Å². The molecule has 18 heteroatoms. The third kappa shape index (κ3) is 8.03. The highest BCUT2D eigenvalue weighted by molar-refractivity contribution is 7.99. The summed E-state index contributed by atoms with van der Waals surface area (Å²) in [5.74, 6) is 2.06. The summed E-state index contributed by atoms with van der Waals surface area (Å²) in [7, 11) is 0. The fourth-order valence-electron chi connectivity index (χ4n) is 7.39. The van der Waals surface area contributed by atoms with Crippen molar-refractivity contribution in [1.82, 2.24) is 59.0 Å². The van der Waals surface area contributed by atoms with Crippen LogP contribution in [0, 0.1) is 27.7 Å². The Morgan fingerprint density at radius 3 is 1.62 bits per heavy atom. The molecule has 0 amide bonds. The van der Waals surface area contributed by atoms with Gasteiger partial charge >= 0.3 is 5.69 Å². The predicted molar refractivity (Wildman–Crippen MR) is 251 cm³/mol. The second-order valence-electron chi connectivity index (χ2n) is 14.5. The molecule has 314 valence electrons. The molecule has 0 unspecified atom stereocenters. The molecule has 4 aromatic carbocycles. The molecule has 3 N–H and O–H groups in total. The van der Waals surface area contributed by atoms with E-state index in [1.54, 1.807) is 15.5 Å². The number of H-pyrrole nitrogens is 3. The summed E-state index contributed by atoms with van der Waals surface area (Å²) in [5.41, 5.74) is 8.62. The smallest absolute Gasteiger partial charge is 0.341 e. The Morgan fingerprint density at radius 1 is 0.556 bits per heavy atom. The molecule has 0 aliphatic rings. The molecular weight excluding hydrogens is 853 g/mol. The van der Waals surface area contributed by atoms with Gasteiger partial charge < -0.3 is 9.97 Å². The first-order valence-electron chi connectivity index (χ1n) is 19.7. The van der Waals surface area contributed by atoms with Crippen LogP contribution in [0.3, 0.4) is 0 Å². The monoisotopic (exact) mass is 890 g/mol. The Morgan fingerprint density at radius 2 is 1.06 bits per heavy atom. The quantitative estimate of drug-likeness (QED) is 0.0718. The second-order valence-corrected chi connectivity index (χ2v) is 17.2. The van der Waals surface area contributed by atoms with Gasteiger partial charge in [-0.15, -0.1) is 0 Å². The number of aromatic amines is 3. The van der Waals surface area contributed by atoms with Crippen LogP contribution in [0.2, 0.25) is 0 Å².